The number of aromatic hydroxyl groups is 1. The van der Waals surface area contributed by atoms with Gasteiger partial charge in [0.1, 0.15) is 6.04 Å². The molecule has 0 saturated heterocycles. The summed E-state index contributed by atoms with van der Waals surface area (Å²) in [4.78, 5) is 27.9. The number of carbonyl (C=O) groups is 2. The van der Waals surface area contributed by atoms with Crippen LogP contribution in [0.3, 0.4) is 0 Å². The van der Waals surface area contributed by atoms with Crippen molar-refractivity contribution in [3.05, 3.63) is 23.8 Å². The molecular weight excluding hydrogens is 454 g/mol. The van der Waals surface area contributed by atoms with E-state index in [0.717, 1.165) is 44.9 Å². The molecule has 2 rings (SSSR count). The summed E-state index contributed by atoms with van der Waals surface area (Å²) in [6, 6.07) is 4.02. The van der Waals surface area contributed by atoms with Crippen molar-refractivity contribution in [3.63, 3.8) is 0 Å². The summed E-state index contributed by atoms with van der Waals surface area (Å²) in [5.74, 6) is -0.230. The third kappa shape index (κ3) is 8.66. The molecule has 194 valence electrons. The molecule has 3 N–H and O–H groups in total. The lowest BCUT2D eigenvalue weighted by Crippen LogP contribution is -2.54. The number of nitrogens with zero attached hydrogens (tertiary/aromatic N) is 1. The number of nitrogens with one attached hydrogen (secondary N) is 2. The quantitative estimate of drug-likeness (QED) is 0.325. The highest BCUT2D eigenvalue weighted by atomic mass is 35.5. The molecule has 0 aromatic heterocycles. The van der Waals surface area contributed by atoms with Gasteiger partial charge in [0.25, 0.3) is 5.91 Å². The lowest BCUT2D eigenvalue weighted by atomic mass is 9.95. The van der Waals surface area contributed by atoms with Gasteiger partial charge in [-0.15, -0.1) is 12.4 Å². The van der Waals surface area contributed by atoms with Crippen molar-refractivity contribution >= 4 is 24.2 Å². The van der Waals surface area contributed by atoms with Crippen LogP contribution in [0.15, 0.2) is 18.2 Å². The lowest BCUT2D eigenvalue weighted by Gasteiger charge is -2.37. The Hall–Kier alpha value is -1.99. The predicted molar refractivity (Wildman–Crippen MR) is 139 cm³/mol. The molecular formula is C26H44ClN3O4. The first kappa shape index (κ1) is 30.0. The molecule has 1 saturated carbocycles. The molecule has 7 nitrogen and oxygen atoms in total. The Balaban J connectivity index is 0.00000578. The molecule has 1 aliphatic rings. The fourth-order valence-corrected chi connectivity index (χ4v) is 4.48. The van der Waals surface area contributed by atoms with Crippen LogP contribution in [0, 0.1) is 0 Å². The van der Waals surface area contributed by atoms with Gasteiger partial charge >= 0.3 is 0 Å². The molecule has 1 atom stereocenters. The van der Waals surface area contributed by atoms with E-state index >= 15 is 0 Å². The maximum Gasteiger partial charge on any atom is 0.252 e. The van der Waals surface area contributed by atoms with Gasteiger partial charge in [0.05, 0.1) is 6.61 Å². The van der Waals surface area contributed by atoms with E-state index in [1.54, 1.807) is 12.1 Å². The van der Waals surface area contributed by atoms with E-state index in [-0.39, 0.29) is 35.5 Å². The Morgan fingerprint density at radius 1 is 1.12 bits per heavy atom. The number of halogens is 1. The average molecular weight is 498 g/mol. The molecule has 1 aliphatic carbocycles. The number of phenolic OH excluding ortho intramolecular Hbond substituents is 1. The molecule has 34 heavy (non-hydrogen) atoms. The molecule has 8 heteroatoms. The molecule has 1 fully saturated rings. The van der Waals surface area contributed by atoms with E-state index < -0.39 is 6.04 Å². The molecule has 1 aromatic carbocycles. The maximum absolute atomic E-state index is 12.9. The number of rotatable bonds is 14. The van der Waals surface area contributed by atoms with Gasteiger partial charge in [-0.05, 0) is 58.0 Å². The number of ether oxygens (including phenoxy) is 1. The van der Waals surface area contributed by atoms with E-state index in [1.807, 2.05) is 6.92 Å². The topological polar surface area (TPSA) is 90.9 Å². The number of likely N-dealkylation sites (N-methyl/N-ethyl adjacent to an activating group) is 1. The second kappa shape index (κ2) is 15.1. The highest BCUT2D eigenvalue weighted by Crippen LogP contribution is 2.33. The summed E-state index contributed by atoms with van der Waals surface area (Å²) in [6.45, 7) is 5.26. The van der Waals surface area contributed by atoms with Crippen LogP contribution in [0.5, 0.6) is 11.5 Å². The van der Waals surface area contributed by atoms with Crippen LogP contribution < -0.4 is 15.4 Å². The Kier molecular flexibility index (Phi) is 13.3. The fourth-order valence-electron chi connectivity index (χ4n) is 4.48. The molecule has 0 heterocycles. The second-order valence-corrected chi connectivity index (χ2v) is 9.45. The largest absolute Gasteiger partial charge is 0.504 e. The minimum absolute atomic E-state index is 0. The first-order valence-corrected chi connectivity index (χ1v) is 12.5. The second-order valence-electron chi connectivity index (χ2n) is 9.45. The fraction of sp³-hybridized carbons (Fsp3) is 0.692. The van der Waals surface area contributed by atoms with Crippen molar-refractivity contribution in [2.24, 2.45) is 0 Å². The number of unbranched alkanes of at least 4 members (excludes halogenated alkanes) is 3. The zero-order chi connectivity index (χ0) is 24.3. The van der Waals surface area contributed by atoms with Gasteiger partial charge < -0.3 is 25.4 Å². The van der Waals surface area contributed by atoms with Crippen molar-refractivity contribution in [1.82, 2.24) is 15.5 Å². The van der Waals surface area contributed by atoms with E-state index in [4.69, 9.17) is 4.74 Å². The molecule has 0 bridgehead atoms. The predicted octanol–water partition coefficient (Wildman–Crippen LogP) is 4.66. The molecule has 0 unspecified atom stereocenters. The van der Waals surface area contributed by atoms with Crippen molar-refractivity contribution in [3.8, 4) is 11.5 Å². The van der Waals surface area contributed by atoms with Crippen LogP contribution in [0.1, 0.15) is 88.4 Å². The van der Waals surface area contributed by atoms with Gasteiger partial charge in [0, 0.05) is 17.6 Å². The van der Waals surface area contributed by atoms with E-state index in [9.17, 15) is 14.7 Å². The number of phenols is 1. The molecule has 0 radical (unpaired) electrons. The Morgan fingerprint density at radius 2 is 1.82 bits per heavy atom. The van der Waals surface area contributed by atoms with Gasteiger partial charge in [0.2, 0.25) is 5.91 Å². The molecule has 0 aliphatic heterocycles. The normalized spacial score (nSPS) is 15.4. The van der Waals surface area contributed by atoms with Crippen LogP contribution in [-0.2, 0) is 4.79 Å². The highest BCUT2D eigenvalue weighted by Gasteiger charge is 2.36. The average Bonchev–Trinajstić information content (AvgIpc) is 3.28. The summed E-state index contributed by atoms with van der Waals surface area (Å²) >= 11 is 0. The summed E-state index contributed by atoms with van der Waals surface area (Å²) in [5.41, 5.74) is 0.300. The summed E-state index contributed by atoms with van der Waals surface area (Å²) in [6.07, 6.45) is 10.1. The smallest absolute Gasteiger partial charge is 0.252 e. The van der Waals surface area contributed by atoms with Crippen LogP contribution in [-0.4, -0.2) is 60.6 Å². The van der Waals surface area contributed by atoms with Crippen molar-refractivity contribution in [2.45, 2.75) is 89.6 Å². The van der Waals surface area contributed by atoms with Crippen molar-refractivity contribution in [2.75, 3.05) is 27.2 Å². The van der Waals surface area contributed by atoms with Gasteiger partial charge in [-0.25, -0.2) is 0 Å². The zero-order valence-electron chi connectivity index (χ0n) is 21.3. The van der Waals surface area contributed by atoms with Crippen LogP contribution in [0.4, 0.5) is 0 Å². The molecule has 0 spiro atoms. The van der Waals surface area contributed by atoms with Gasteiger partial charge in [-0.2, -0.15) is 0 Å². The Morgan fingerprint density at radius 3 is 2.41 bits per heavy atom. The number of benzene rings is 1. The Labute approximate surface area is 211 Å². The first-order valence-electron chi connectivity index (χ1n) is 12.5. The lowest BCUT2D eigenvalue weighted by molar-refractivity contribution is -0.123. The summed E-state index contributed by atoms with van der Waals surface area (Å²) < 4.78 is 5.64. The summed E-state index contributed by atoms with van der Waals surface area (Å²) in [5, 5.41) is 16.2. The van der Waals surface area contributed by atoms with E-state index in [0.29, 0.717) is 30.9 Å². The van der Waals surface area contributed by atoms with Gasteiger partial charge in [-0.1, -0.05) is 52.4 Å². The minimum Gasteiger partial charge on any atom is -0.504 e. The molecule has 1 aromatic rings. The monoisotopic (exact) mass is 497 g/mol. The van der Waals surface area contributed by atoms with E-state index in [2.05, 4.69) is 36.6 Å². The molecule has 2 amide bonds. The third-order valence-electron chi connectivity index (χ3n) is 6.75. The number of carbonyl (C=O) groups excluding carboxylic acids is 2. The number of hydrogen-bond acceptors (Lipinski definition) is 5. The first-order chi connectivity index (χ1) is 15.8. The SMILES string of the molecule is CCCCCCOc1ccc(C(=O)N[C@@H](CCC)C(=O)NCC2(N(C)C)CCCC2)cc1O.Cl. The van der Waals surface area contributed by atoms with Crippen LogP contribution in [0.2, 0.25) is 0 Å². The third-order valence-corrected chi connectivity index (χ3v) is 6.75. The van der Waals surface area contributed by atoms with Gasteiger partial charge in [0.15, 0.2) is 11.5 Å². The number of amides is 2. The van der Waals surface area contributed by atoms with Crippen molar-refractivity contribution in [1.29, 1.82) is 0 Å². The van der Waals surface area contributed by atoms with Crippen LogP contribution >= 0.6 is 12.4 Å². The summed E-state index contributed by atoms with van der Waals surface area (Å²) in [7, 11) is 4.13. The highest BCUT2D eigenvalue weighted by molar-refractivity contribution is 5.98. The van der Waals surface area contributed by atoms with Gasteiger partial charge in [-0.3, -0.25) is 9.59 Å². The maximum atomic E-state index is 12.9. The van der Waals surface area contributed by atoms with E-state index in [1.165, 1.54) is 18.9 Å². The standard InChI is InChI=1S/C26H43N3O4.ClH/c1-5-7-8-11-17-33-23-14-13-20(18-22(23)30)24(31)28-21(12-6-2)25(32)27-19-26(29(3)4)15-9-10-16-26;/h13-14,18,21,30H,5-12,15-17,19H2,1-4H3,(H,27,32)(H,28,31);1H/t21-;/m0./s1. The van der Waals surface area contributed by atoms with Crippen molar-refractivity contribution < 1.29 is 19.4 Å². The zero-order valence-corrected chi connectivity index (χ0v) is 22.1. The Bertz CT molecular complexity index is 766. The number of hydrogen-bond donors (Lipinski definition) is 3. The van der Waals surface area contributed by atoms with Crippen LogP contribution in [0.25, 0.3) is 0 Å². The minimum atomic E-state index is -0.611.